The van der Waals surface area contributed by atoms with Crippen LogP contribution in [0.15, 0.2) is 42.5 Å². The summed E-state index contributed by atoms with van der Waals surface area (Å²) in [5, 5.41) is 13.7. The molecule has 1 amide bonds. The van der Waals surface area contributed by atoms with Gasteiger partial charge in [-0.2, -0.15) is 0 Å². The third kappa shape index (κ3) is 9.71. The molecule has 2 aromatic carbocycles. The first-order chi connectivity index (χ1) is 18.5. The molecule has 0 heterocycles. The summed E-state index contributed by atoms with van der Waals surface area (Å²) >= 11 is 0. The summed E-state index contributed by atoms with van der Waals surface area (Å²) in [6, 6.07) is 12.9. The van der Waals surface area contributed by atoms with E-state index in [9.17, 15) is 9.90 Å². The van der Waals surface area contributed by atoms with Crippen LogP contribution in [0.4, 0.5) is 0 Å². The van der Waals surface area contributed by atoms with E-state index in [0.29, 0.717) is 37.1 Å². The monoisotopic (exact) mass is 544 g/mol. The Morgan fingerprint density at radius 2 is 1.69 bits per heavy atom. The molecule has 0 aliphatic rings. The van der Waals surface area contributed by atoms with Crippen LogP contribution in [0.1, 0.15) is 51.7 Å². The number of hydrogen-bond acceptors (Lipinski definition) is 7. The highest BCUT2D eigenvalue weighted by Gasteiger charge is 2.31. The van der Waals surface area contributed by atoms with Crippen LogP contribution in [0.2, 0.25) is 0 Å². The molecule has 3 unspecified atom stereocenters. The number of rotatable bonds is 17. The summed E-state index contributed by atoms with van der Waals surface area (Å²) in [6.45, 7) is 9.30. The van der Waals surface area contributed by atoms with Crippen molar-refractivity contribution in [3.8, 4) is 17.2 Å². The first-order valence-corrected chi connectivity index (χ1v) is 13.7. The average Bonchev–Trinajstić information content (AvgIpc) is 2.93. The van der Waals surface area contributed by atoms with Crippen LogP contribution in [-0.4, -0.2) is 64.2 Å². The van der Waals surface area contributed by atoms with E-state index in [1.165, 1.54) is 0 Å². The summed E-state index contributed by atoms with van der Waals surface area (Å²) < 4.78 is 21.7. The molecule has 8 heteroatoms. The van der Waals surface area contributed by atoms with Crippen molar-refractivity contribution in [2.24, 2.45) is 17.6 Å². The number of benzene rings is 2. The molecular formula is C31H48N2O6. The number of carbonyl (C=O) groups excluding carboxylic acids is 1. The van der Waals surface area contributed by atoms with Crippen molar-refractivity contribution >= 4 is 5.91 Å². The molecule has 0 aromatic heterocycles. The number of ether oxygens (including phenoxy) is 4. The van der Waals surface area contributed by atoms with Crippen molar-refractivity contribution in [2.45, 2.75) is 64.5 Å². The zero-order chi connectivity index (χ0) is 29.0. The van der Waals surface area contributed by atoms with E-state index in [0.717, 1.165) is 29.7 Å². The maximum Gasteiger partial charge on any atom is 0.230 e. The van der Waals surface area contributed by atoms with Gasteiger partial charge in [0.1, 0.15) is 5.75 Å². The number of nitrogens with two attached hydrogens (primary N) is 1. The molecule has 0 fully saturated rings. The van der Waals surface area contributed by atoms with E-state index in [-0.39, 0.29) is 18.4 Å². The van der Waals surface area contributed by atoms with Gasteiger partial charge < -0.3 is 35.1 Å². The fourth-order valence-corrected chi connectivity index (χ4v) is 4.46. The van der Waals surface area contributed by atoms with E-state index >= 15 is 0 Å². The minimum atomic E-state index is -0.864. The third-order valence-corrected chi connectivity index (χ3v) is 7.34. The topological polar surface area (TPSA) is 112 Å². The minimum Gasteiger partial charge on any atom is -0.497 e. The van der Waals surface area contributed by atoms with E-state index in [1.807, 2.05) is 56.3 Å². The van der Waals surface area contributed by atoms with Gasteiger partial charge in [-0.25, -0.2) is 0 Å². The van der Waals surface area contributed by atoms with Crippen LogP contribution in [0.5, 0.6) is 17.2 Å². The van der Waals surface area contributed by atoms with Gasteiger partial charge in [0.05, 0.1) is 32.3 Å². The molecule has 3 atom stereocenters. The number of aliphatic hydroxyl groups excluding tert-OH is 1. The van der Waals surface area contributed by atoms with Gasteiger partial charge in [0.15, 0.2) is 11.5 Å². The molecule has 39 heavy (non-hydrogen) atoms. The highest BCUT2D eigenvalue weighted by atomic mass is 16.5. The normalized spacial score (nSPS) is 14.0. The Balaban J connectivity index is 1.98. The summed E-state index contributed by atoms with van der Waals surface area (Å²) in [5.74, 6) is 2.54. The lowest BCUT2D eigenvalue weighted by molar-refractivity contribution is -0.126. The van der Waals surface area contributed by atoms with Gasteiger partial charge in [0.25, 0.3) is 0 Å². The summed E-state index contributed by atoms with van der Waals surface area (Å²) in [4.78, 5) is 13.0. The van der Waals surface area contributed by atoms with Gasteiger partial charge in [0, 0.05) is 32.7 Å². The number of nitrogens with one attached hydrogen (secondary N) is 1. The van der Waals surface area contributed by atoms with Crippen molar-refractivity contribution in [3.63, 3.8) is 0 Å². The lowest BCUT2D eigenvalue weighted by Gasteiger charge is -2.29. The van der Waals surface area contributed by atoms with Crippen molar-refractivity contribution in [2.75, 3.05) is 41.1 Å². The van der Waals surface area contributed by atoms with Crippen LogP contribution < -0.4 is 25.3 Å². The standard InChI is InChI=1S/C31H48N2O6/c1-21(2)23(17-22-9-14-28(38-7)29(18-22)39-16-8-15-36-5)19-26(32)27(34)20-33-30(35)31(3,4)24-10-12-25(37-6)13-11-24/h9-14,18,21,23,26-27,34H,8,15-17,19-20,32H2,1-7H3,(H,33,35). The van der Waals surface area contributed by atoms with Gasteiger partial charge in [-0.15, -0.1) is 0 Å². The zero-order valence-electron chi connectivity index (χ0n) is 24.7. The average molecular weight is 545 g/mol. The summed E-state index contributed by atoms with van der Waals surface area (Å²) in [6.07, 6.45) is 1.33. The van der Waals surface area contributed by atoms with Crippen LogP contribution in [-0.2, 0) is 21.4 Å². The van der Waals surface area contributed by atoms with Gasteiger partial charge in [-0.3, -0.25) is 4.79 Å². The molecule has 0 aliphatic carbocycles. The first-order valence-electron chi connectivity index (χ1n) is 13.7. The Morgan fingerprint density at radius 1 is 1.00 bits per heavy atom. The van der Waals surface area contributed by atoms with Crippen LogP contribution in [0.3, 0.4) is 0 Å². The zero-order valence-corrected chi connectivity index (χ0v) is 24.7. The van der Waals surface area contributed by atoms with Gasteiger partial charge in [-0.1, -0.05) is 32.0 Å². The Hall–Kier alpha value is -2.81. The molecule has 0 bridgehead atoms. The summed E-state index contributed by atoms with van der Waals surface area (Å²) in [7, 11) is 4.91. The van der Waals surface area contributed by atoms with Crippen molar-refractivity contribution in [3.05, 3.63) is 53.6 Å². The number of aliphatic hydroxyl groups is 1. The van der Waals surface area contributed by atoms with E-state index in [4.69, 9.17) is 24.7 Å². The number of hydrogen-bond donors (Lipinski definition) is 3. The second-order valence-electron chi connectivity index (χ2n) is 10.9. The molecule has 0 saturated heterocycles. The molecule has 4 N–H and O–H groups in total. The Morgan fingerprint density at radius 3 is 2.28 bits per heavy atom. The van der Waals surface area contributed by atoms with Crippen LogP contribution >= 0.6 is 0 Å². The quantitative estimate of drug-likeness (QED) is 0.257. The lowest BCUT2D eigenvalue weighted by atomic mass is 9.82. The number of amides is 1. The maximum absolute atomic E-state index is 13.0. The number of methoxy groups -OCH3 is 3. The lowest BCUT2D eigenvalue weighted by Crippen LogP contribution is -2.48. The highest BCUT2D eigenvalue weighted by Crippen LogP contribution is 2.31. The second kappa shape index (κ2) is 15.7. The van der Waals surface area contributed by atoms with Crippen LogP contribution in [0.25, 0.3) is 0 Å². The van der Waals surface area contributed by atoms with E-state index in [1.54, 1.807) is 21.3 Å². The van der Waals surface area contributed by atoms with E-state index in [2.05, 4.69) is 19.2 Å². The molecule has 2 rings (SSSR count). The predicted molar refractivity (Wildman–Crippen MR) is 155 cm³/mol. The molecule has 0 radical (unpaired) electrons. The van der Waals surface area contributed by atoms with Gasteiger partial charge in [0.2, 0.25) is 5.91 Å². The van der Waals surface area contributed by atoms with Gasteiger partial charge >= 0.3 is 0 Å². The SMILES string of the molecule is COCCCOc1cc(CC(CC(N)C(O)CNC(=O)C(C)(C)c2ccc(OC)cc2)C(C)C)ccc1OC. The molecule has 218 valence electrons. The fraction of sp³-hybridized carbons (Fsp3) is 0.581. The third-order valence-electron chi connectivity index (χ3n) is 7.34. The fourth-order valence-electron chi connectivity index (χ4n) is 4.46. The van der Waals surface area contributed by atoms with Crippen molar-refractivity contribution < 1.29 is 28.8 Å². The van der Waals surface area contributed by atoms with Crippen molar-refractivity contribution in [1.82, 2.24) is 5.32 Å². The number of carbonyl (C=O) groups is 1. The second-order valence-corrected chi connectivity index (χ2v) is 10.9. The predicted octanol–water partition coefficient (Wildman–Crippen LogP) is 4.11. The molecule has 0 aliphatic heterocycles. The molecule has 2 aromatic rings. The first kappa shape index (κ1) is 32.4. The van der Waals surface area contributed by atoms with Crippen LogP contribution in [0, 0.1) is 11.8 Å². The smallest absolute Gasteiger partial charge is 0.230 e. The molecule has 0 spiro atoms. The minimum absolute atomic E-state index is 0.0897. The highest BCUT2D eigenvalue weighted by molar-refractivity contribution is 5.87. The van der Waals surface area contributed by atoms with E-state index < -0.39 is 17.6 Å². The largest absolute Gasteiger partial charge is 0.497 e. The maximum atomic E-state index is 13.0. The molecule has 8 nitrogen and oxygen atoms in total. The van der Waals surface area contributed by atoms with Crippen molar-refractivity contribution in [1.29, 1.82) is 0 Å². The Kier molecular flexibility index (Phi) is 13.0. The van der Waals surface area contributed by atoms with Gasteiger partial charge in [-0.05, 0) is 73.9 Å². The molecule has 0 saturated carbocycles. The molecular weight excluding hydrogens is 496 g/mol. The summed E-state index contributed by atoms with van der Waals surface area (Å²) in [5.41, 5.74) is 7.66. The Labute approximate surface area is 234 Å². The Bertz CT molecular complexity index is 1010.